The molecule has 6 aromatic rings. The number of anilines is 2. The largest absolute Gasteiger partial charge is 0.423 e. The van der Waals surface area contributed by atoms with Crippen molar-refractivity contribution >= 4 is 58.9 Å². The number of hydrogen-bond acceptors (Lipinski definition) is 16. The Labute approximate surface area is 416 Å². The number of carbonyl (C=O) groups excluding carboxylic acids is 4. The highest BCUT2D eigenvalue weighted by Crippen LogP contribution is 2.42. The highest BCUT2D eigenvalue weighted by atomic mass is 32.2. The van der Waals surface area contributed by atoms with Crippen molar-refractivity contribution < 1.29 is 37.5 Å². The van der Waals surface area contributed by atoms with Crippen LogP contribution >= 0.6 is 23.5 Å². The van der Waals surface area contributed by atoms with Crippen molar-refractivity contribution in [3.63, 3.8) is 0 Å². The van der Waals surface area contributed by atoms with Gasteiger partial charge in [-0.05, 0) is 139 Å². The molecule has 6 rings (SSSR count). The zero-order valence-corrected chi connectivity index (χ0v) is 41.9. The molecule has 2 atom stereocenters. The number of nitrogens with zero attached hydrogens (tertiary/aromatic N) is 6. The standard InChI is InChI=1S/C50H60N10O8S2/c1-7-69-41(45-57-55-43(67-45)33-21-25-35(26-22-33)53-49(63)51-29-13-15-31-59(3)4)37-17-9-11-19-39(37)65-47(61)48(62)66-40-20-12-10-18-38(40)42(70-8-2)46-58-56-44(68-46)34-23-27-36(28-24-34)54-50(64)52-30-14-16-32-60(5)6/h9-12,17-28,41-42H,7-8,13-16,29-32H2,1-6H3,(H2,51,53,63)(H2,52,54,64). The minimum atomic E-state index is -1.24. The summed E-state index contributed by atoms with van der Waals surface area (Å²) in [6, 6.07) is 27.1. The lowest BCUT2D eigenvalue weighted by Gasteiger charge is -2.17. The first-order valence-corrected chi connectivity index (χ1v) is 25.1. The van der Waals surface area contributed by atoms with Crippen molar-refractivity contribution in [3.8, 4) is 34.4 Å². The van der Waals surface area contributed by atoms with Gasteiger partial charge in [-0.25, -0.2) is 19.2 Å². The summed E-state index contributed by atoms with van der Waals surface area (Å²) in [6.07, 6.45) is 3.73. The summed E-state index contributed by atoms with van der Waals surface area (Å²) in [5.41, 5.74) is 3.54. The number of rotatable bonds is 24. The molecule has 0 saturated heterocycles. The molecule has 4 N–H and O–H groups in total. The fourth-order valence-corrected chi connectivity index (χ4v) is 8.84. The summed E-state index contributed by atoms with van der Waals surface area (Å²) in [5.74, 6) is 0.0708. The zero-order chi connectivity index (χ0) is 49.8. The summed E-state index contributed by atoms with van der Waals surface area (Å²) < 4.78 is 23.8. The van der Waals surface area contributed by atoms with Crippen LogP contribution in [0.1, 0.15) is 72.9 Å². The van der Waals surface area contributed by atoms with Gasteiger partial charge in [0.25, 0.3) is 0 Å². The molecule has 2 aromatic heterocycles. The summed E-state index contributed by atoms with van der Waals surface area (Å²) >= 11 is 2.95. The number of thioether (sulfide) groups is 2. The number of amides is 4. The molecule has 4 amide bonds. The van der Waals surface area contributed by atoms with Crippen LogP contribution in [0.15, 0.2) is 106 Å². The average molecular weight is 993 g/mol. The Morgan fingerprint density at radius 2 is 0.929 bits per heavy atom. The van der Waals surface area contributed by atoms with Gasteiger partial charge in [0.2, 0.25) is 23.6 Å². The molecule has 0 aliphatic heterocycles. The first kappa shape index (κ1) is 52.6. The molecule has 0 radical (unpaired) electrons. The predicted molar refractivity (Wildman–Crippen MR) is 273 cm³/mol. The minimum Gasteiger partial charge on any atom is -0.419 e. The molecule has 70 heavy (non-hydrogen) atoms. The number of nitrogens with one attached hydrogen (secondary N) is 4. The summed E-state index contributed by atoms with van der Waals surface area (Å²) in [5, 5.41) is 27.6. The molecule has 2 unspecified atom stereocenters. The van der Waals surface area contributed by atoms with Crippen LogP contribution in [0.25, 0.3) is 22.9 Å². The van der Waals surface area contributed by atoms with Crippen LogP contribution in [0.2, 0.25) is 0 Å². The van der Waals surface area contributed by atoms with Crippen LogP contribution < -0.4 is 30.7 Å². The number of unbranched alkanes of at least 4 members (excludes halogenated alkanes) is 2. The average Bonchev–Trinajstić information content (AvgIpc) is 4.05. The highest BCUT2D eigenvalue weighted by Gasteiger charge is 2.30. The molecule has 370 valence electrons. The van der Waals surface area contributed by atoms with E-state index in [9.17, 15) is 19.2 Å². The molecule has 4 aromatic carbocycles. The van der Waals surface area contributed by atoms with E-state index in [1.165, 1.54) is 23.5 Å². The predicted octanol–water partition coefficient (Wildman–Crippen LogP) is 8.91. The number of para-hydroxylation sites is 2. The highest BCUT2D eigenvalue weighted by molar-refractivity contribution is 7.99. The van der Waals surface area contributed by atoms with Crippen molar-refractivity contribution in [2.45, 2.75) is 50.0 Å². The van der Waals surface area contributed by atoms with Crippen LogP contribution in [-0.4, -0.2) is 120 Å². The van der Waals surface area contributed by atoms with Gasteiger partial charge in [-0.1, -0.05) is 50.2 Å². The first-order chi connectivity index (χ1) is 33.9. The first-order valence-electron chi connectivity index (χ1n) is 23.0. The third-order valence-electron chi connectivity index (χ3n) is 10.4. The van der Waals surface area contributed by atoms with Crippen molar-refractivity contribution in [2.24, 2.45) is 0 Å². The van der Waals surface area contributed by atoms with Crippen LogP contribution in [0.3, 0.4) is 0 Å². The number of benzene rings is 4. The molecule has 0 aliphatic rings. The molecule has 18 nitrogen and oxygen atoms in total. The topological polar surface area (TPSA) is 219 Å². The van der Waals surface area contributed by atoms with Gasteiger partial charge >= 0.3 is 24.0 Å². The normalized spacial score (nSPS) is 12.1. The van der Waals surface area contributed by atoms with E-state index in [-0.39, 0.29) is 47.1 Å². The van der Waals surface area contributed by atoms with Crippen LogP contribution in [-0.2, 0) is 9.59 Å². The molecule has 2 heterocycles. The van der Waals surface area contributed by atoms with E-state index in [4.69, 9.17) is 18.3 Å². The minimum absolute atomic E-state index is 0.117. The third kappa shape index (κ3) is 15.6. The van der Waals surface area contributed by atoms with E-state index in [0.717, 1.165) is 38.8 Å². The molecular formula is C50H60N10O8S2. The van der Waals surface area contributed by atoms with Crippen molar-refractivity contribution in [1.29, 1.82) is 0 Å². The monoisotopic (exact) mass is 992 g/mol. The SMILES string of the molecule is CCSC(c1nnc(-c2ccc(NC(=O)NCCCCN(C)C)cc2)o1)c1ccccc1OC(=O)C(=O)Oc1ccccc1C(SCC)c1nnc(-c2ccc(NC(=O)NCCCCN(C)C)cc2)o1. The molecule has 0 bridgehead atoms. The number of carbonyl (C=O) groups is 4. The Morgan fingerprint density at radius 3 is 1.30 bits per heavy atom. The number of esters is 2. The number of urea groups is 2. The summed E-state index contributed by atoms with van der Waals surface area (Å²) in [6.45, 7) is 7.01. The van der Waals surface area contributed by atoms with Crippen molar-refractivity contribution in [1.82, 2.24) is 40.8 Å². The molecule has 0 spiro atoms. The quantitative estimate of drug-likeness (QED) is 0.0192. The molecular weight excluding hydrogens is 933 g/mol. The second kappa shape index (κ2) is 26.9. The van der Waals surface area contributed by atoms with E-state index in [0.29, 0.717) is 58.2 Å². The Bertz CT molecular complexity index is 2450. The van der Waals surface area contributed by atoms with Crippen molar-refractivity contribution in [3.05, 3.63) is 120 Å². The fourth-order valence-electron chi connectivity index (χ4n) is 6.95. The number of ether oxygens (including phenoxy) is 2. The maximum absolute atomic E-state index is 13.5. The van der Waals surface area contributed by atoms with Gasteiger partial charge < -0.3 is 49.4 Å². The van der Waals surface area contributed by atoms with Crippen molar-refractivity contribution in [2.75, 3.05) is 76.5 Å². The maximum Gasteiger partial charge on any atom is 0.423 e. The second-order valence-corrected chi connectivity index (χ2v) is 19.1. The maximum atomic E-state index is 13.5. The van der Waals surface area contributed by atoms with Crippen LogP contribution in [0.4, 0.5) is 21.0 Å². The van der Waals surface area contributed by atoms with Gasteiger partial charge in [0.15, 0.2) is 0 Å². The van der Waals surface area contributed by atoms with E-state index in [1.807, 2.05) is 42.0 Å². The molecule has 20 heteroatoms. The summed E-state index contributed by atoms with van der Waals surface area (Å²) in [4.78, 5) is 56.1. The molecule has 0 aliphatic carbocycles. The lowest BCUT2D eigenvalue weighted by molar-refractivity contribution is -0.156. The van der Waals surface area contributed by atoms with Gasteiger partial charge in [0.1, 0.15) is 22.0 Å². The smallest absolute Gasteiger partial charge is 0.419 e. The second-order valence-electron chi connectivity index (χ2n) is 16.4. The zero-order valence-electron chi connectivity index (χ0n) is 40.2. The van der Waals surface area contributed by atoms with Gasteiger partial charge in [-0.2, -0.15) is 0 Å². The fraction of sp³-hybridized carbons (Fsp3) is 0.360. The van der Waals surface area contributed by atoms with Crippen LogP contribution in [0, 0.1) is 0 Å². The van der Waals surface area contributed by atoms with Crippen LogP contribution in [0.5, 0.6) is 11.5 Å². The lowest BCUT2D eigenvalue weighted by Crippen LogP contribution is -2.29. The molecule has 0 fully saturated rings. The van der Waals surface area contributed by atoms with E-state index >= 15 is 0 Å². The van der Waals surface area contributed by atoms with E-state index in [2.05, 4.69) is 51.5 Å². The van der Waals surface area contributed by atoms with E-state index in [1.54, 1.807) is 97.1 Å². The Hall–Kier alpha value is -6.74. The van der Waals surface area contributed by atoms with Gasteiger partial charge in [-0.15, -0.1) is 43.9 Å². The third-order valence-corrected chi connectivity index (χ3v) is 12.6. The Kier molecular flexibility index (Phi) is 20.2. The van der Waals surface area contributed by atoms with E-state index < -0.39 is 22.4 Å². The van der Waals surface area contributed by atoms with Gasteiger partial charge in [-0.3, -0.25) is 0 Å². The number of aromatic nitrogens is 4. The molecule has 0 saturated carbocycles. The Balaban J connectivity index is 1.08. The number of hydrogen-bond donors (Lipinski definition) is 4. The Morgan fingerprint density at radius 1 is 0.543 bits per heavy atom. The summed E-state index contributed by atoms with van der Waals surface area (Å²) in [7, 11) is 8.08. The van der Waals surface area contributed by atoms with Gasteiger partial charge in [0.05, 0.1) is 0 Å². The van der Waals surface area contributed by atoms with Gasteiger partial charge in [0, 0.05) is 46.7 Å². The lowest BCUT2D eigenvalue weighted by atomic mass is 10.1.